The van der Waals surface area contributed by atoms with Crippen LogP contribution < -0.4 is 5.32 Å². The summed E-state index contributed by atoms with van der Waals surface area (Å²) in [6.45, 7) is 6.01. The minimum atomic E-state index is 1.06. The molecule has 0 radical (unpaired) electrons. The summed E-state index contributed by atoms with van der Waals surface area (Å²) < 4.78 is 0. The second kappa shape index (κ2) is 4.56. The first-order chi connectivity index (χ1) is 7.93. The van der Waals surface area contributed by atoms with E-state index < -0.39 is 0 Å². The summed E-state index contributed by atoms with van der Waals surface area (Å²) in [5.74, 6) is 0. The summed E-state index contributed by atoms with van der Waals surface area (Å²) in [5, 5.41) is 3.44. The predicted molar refractivity (Wildman–Crippen MR) is 66.4 cm³/mol. The van der Waals surface area contributed by atoms with E-state index in [1.165, 1.54) is 44.5 Å². The Hall–Kier alpha value is -0.860. The molecule has 2 nitrogen and oxygen atoms in total. The maximum Gasteiger partial charge on any atom is 0.0214 e. The molecule has 1 aromatic rings. The molecule has 86 valence electrons. The highest BCUT2D eigenvalue weighted by Crippen LogP contribution is 2.20. The molecule has 0 amide bonds. The highest BCUT2D eigenvalue weighted by molar-refractivity contribution is 5.37. The molecular weight excluding hydrogens is 196 g/mol. The lowest BCUT2D eigenvalue weighted by Crippen LogP contribution is -2.22. The average molecular weight is 216 g/mol. The van der Waals surface area contributed by atoms with Crippen LogP contribution in [-0.4, -0.2) is 24.5 Å². The number of likely N-dealkylation sites (tertiary alicyclic amines) is 1. The van der Waals surface area contributed by atoms with Crippen molar-refractivity contribution in [3.05, 3.63) is 34.9 Å². The van der Waals surface area contributed by atoms with Crippen LogP contribution in [0.3, 0.4) is 0 Å². The lowest BCUT2D eigenvalue weighted by Gasteiger charge is -2.15. The van der Waals surface area contributed by atoms with Crippen LogP contribution in [0.4, 0.5) is 0 Å². The third kappa shape index (κ3) is 2.00. The Morgan fingerprint density at radius 3 is 2.88 bits per heavy atom. The molecule has 0 saturated carbocycles. The van der Waals surface area contributed by atoms with Gasteiger partial charge in [-0.2, -0.15) is 0 Å². The minimum Gasteiger partial charge on any atom is -0.309 e. The number of benzene rings is 1. The number of nitrogens with one attached hydrogen (secondary N) is 1. The van der Waals surface area contributed by atoms with Crippen molar-refractivity contribution in [1.82, 2.24) is 10.2 Å². The van der Waals surface area contributed by atoms with Crippen molar-refractivity contribution in [2.75, 3.05) is 19.6 Å². The third-order valence-electron chi connectivity index (χ3n) is 3.88. The summed E-state index contributed by atoms with van der Waals surface area (Å²) >= 11 is 0. The number of hydrogen-bond acceptors (Lipinski definition) is 2. The van der Waals surface area contributed by atoms with E-state index in [1.54, 1.807) is 11.1 Å². The standard InChI is InChI=1S/C14H20N2/c1-2-8-16(7-1)9-6-12-4-3-5-13-10-15-11-14(12)13/h3-5,15H,1-2,6-11H2. The lowest BCUT2D eigenvalue weighted by molar-refractivity contribution is 0.343. The summed E-state index contributed by atoms with van der Waals surface area (Å²) in [6, 6.07) is 6.78. The Balaban J connectivity index is 1.67. The summed E-state index contributed by atoms with van der Waals surface area (Å²) in [5.41, 5.74) is 4.65. The maximum atomic E-state index is 3.44. The van der Waals surface area contributed by atoms with Crippen LogP contribution in [0.15, 0.2) is 18.2 Å². The predicted octanol–water partition coefficient (Wildman–Crippen LogP) is 1.93. The Morgan fingerprint density at radius 1 is 1.12 bits per heavy atom. The molecule has 0 atom stereocenters. The van der Waals surface area contributed by atoms with Gasteiger partial charge in [-0.15, -0.1) is 0 Å². The van der Waals surface area contributed by atoms with Crippen molar-refractivity contribution in [2.24, 2.45) is 0 Å². The molecule has 2 heteroatoms. The van der Waals surface area contributed by atoms with E-state index >= 15 is 0 Å². The number of rotatable bonds is 3. The number of fused-ring (bicyclic) bond motifs is 1. The Kier molecular flexibility index (Phi) is 2.94. The highest BCUT2D eigenvalue weighted by atomic mass is 15.1. The van der Waals surface area contributed by atoms with Crippen molar-refractivity contribution in [2.45, 2.75) is 32.4 Å². The minimum absolute atomic E-state index is 1.06. The van der Waals surface area contributed by atoms with E-state index in [9.17, 15) is 0 Å². The fourth-order valence-corrected chi connectivity index (χ4v) is 2.92. The molecule has 0 unspecified atom stereocenters. The lowest BCUT2D eigenvalue weighted by atomic mass is 10.0. The molecule has 0 spiro atoms. The van der Waals surface area contributed by atoms with Gasteiger partial charge in [-0.1, -0.05) is 18.2 Å². The van der Waals surface area contributed by atoms with Gasteiger partial charge in [0.15, 0.2) is 0 Å². The fraction of sp³-hybridized carbons (Fsp3) is 0.571. The van der Waals surface area contributed by atoms with Crippen molar-refractivity contribution < 1.29 is 0 Å². The average Bonchev–Trinajstić information content (AvgIpc) is 2.97. The molecular formula is C14H20N2. The second-order valence-electron chi connectivity index (χ2n) is 4.96. The van der Waals surface area contributed by atoms with Gasteiger partial charge in [0.05, 0.1) is 0 Å². The van der Waals surface area contributed by atoms with Crippen LogP contribution in [0.2, 0.25) is 0 Å². The van der Waals surface area contributed by atoms with Gasteiger partial charge in [0.1, 0.15) is 0 Å². The van der Waals surface area contributed by atoms with Gasteiger partial charge in [-0.3, -0.25) is 0 Å². The van der Waals surface area contributed by atoms with Crippen LogP contribution in [0.25, 0.3) is 0 Å². The Morgan fingerprint density at radius 2 is 2.00 bits per heavy atom. The zero-order valence-electron chi connectivity index (χ0n) is 9.84. The SMILES string of the molecule is c1cc(CCN2CCCC2)c2c(c1)CNC2. The van der Waals surface area contributed by atoms with Crippen LogP contribution in [0.5, 0.6) is 0 Å². The molecule has 2 aliphatic rings. The van der Waals surface area contributed by atoms with Gasteiger partial charge in [0, 0.05) is 19.6 Å². The molecule has 3 rings (SSSR count). The van der Waals surface area contributed by atoms with Crippen molar-refractivity contribution in [1.29, 1.82) is 0 Å². The molecule has 2 heterocycles. The van der Waals surface area contributed by atoms with Gasteiger partial charge < -0.3 is 10.2 Å². The molecule has 1 fully saturated rings. The zero-order valence-corrected chi connectivity index (χ0v) is 9.84. The van der Waals surface area contributed by atoms with E-state index in [1.807, 2.05) is 0 Å². The van der Waals surface area contributed by atoms with Gasteiger partial charge in [-0.25, -0.2) is 0 Å². The number of hydrogen-bond donors (Lipinski definition) is 1. The van der Waals surface area contributed by atoms with Crippen LogP contribution in [0, 0.1) is 0 Å². The first-order valence-electron chi connectivity index (χ1n) is 6.46. The quantitative estimate of drug-likeness (QED) is 0.830. The molecule has 0 aromatic heterocycles. The van der Waals surface area contributed by atoms with Crippen LogP contribution in [-0.2, 0) is 19.5 Å². The van der Waals surface area contributed by atoms with E-state index in [0.717, 1.165) is 13.1 Å². The monoisotopic (exact) mass is 216 g/mol. The largest absolute Gasteiger partial charge is 0.309 e. The summed E-state index contributed by atoms with van der Waals surface area (Å²) in [7, 11) is 0. The van der Waals surface area contributed by atoms with Gasteiger partial charge in [0.2, 0.25) is 0 Å². The molecule has 0 bridgehead atoms. The second-order valence-corrected chi connectivity index (χ2v) is 4.96. The van der Waals surface area contributed by atoms with E-state index in [0.29, 0.717) is 0 Å². The summed E-state index contributed by atoms with van der Waals surface area (Å²) in [6.07, 6.45) is 4.02. The van der Waals surface area contributed by atoms with Crippen molar-refractivity contribution >= 4 is 0 Å². The van der Waals surface area contributed by atoms with Gasteiger partial charge in [-0.05, 0) is 49.0 Å². The fourth-order valence-electron chi connectivity index (χ4n) is 2.92. The van der Waals surface area contributed by atoms with Crippen molar-refractivity contribution in [3.8, 4) is 0 Å². The van der Waals surface area contributed by atoms with Gasteiger partial charge in [0.25, 0.3) is 0 Å². The molecule has 0 aliphatic carbocycles. The Bertz CT molecular complexity index is 367. The van der Waals surface area contributed by atoms with Crippen LogP contribution >= 0.6 is 0 Å². The van der Waals surface area contributed by atoms with E-state index in [2.05, 4.69) is 28.4 Å². The third-order valence-corrected chi connectivity index (χ3v) is 3.88. The highest BCUT2D eigenvalue weighted by Gasteiger charge is 2.15. The summed E-state index contributed by atoms with van der Waals surface area (Å²) in [4.78, 5) is 2.60. The first-order valence-corrected chi connectivity index (χ1v) is 6.46. The van der Waals surface area contributed by atoms with E-state index in [-0.39, 0.29) is 0 Å². The zero-order chi connectivity index (χ0) is 10.8. The van der Waals surface area contributed by atoms with Crippen molar-refractivity contribution in [3.63, 3.8) is 0 Å². The first kappa shape index (κ1) is 10.3. The molecule has 2 aliphatic heterocycles. The van der Waals surface area contributed by atoms with Gasteiger partial charge >= 0.3 is 0 Å². The maximum absolute atomic E-state index is 3.44. The van der Waals surface area contributed by atoms with Crippen LogP contribution in [0.1, 0.15) is 29.5 Å². The smallest absolute Gasteiger partial charge is 0.0214 e. The topological polar surface area (TPSA) is 15.3 Å². The molecule has 1 N–H and O–H groups in total. The molecule has 1 aromatic carbocycles. The Labute approximate surface area is 97.6 Å². The van der Waals surface area contributed by atoms with E-state index in [4.69, 9.17) is 0 Å². The molecule has 16 heavy (non-hydrogen) atoms. The number of nitrogens with zero attached hydrogens (tertiary/aromatic N) is 1. The molecule has 1 saturated heterocycles. The normalized spacial score (nSPS) is 20.2.